The predicted molar refractivity (Wildman–Crippen MR) is 67.0 cm³/mol. The topological polar surface area (TPSA) is 111 Å². The molecule has 2 rings (SSSR count). The van der Waals surface area contributed by atoms with Gasteiger partial charge in [0.15, 0.2) is 0 Å². The molecule has 7 nitrogen and oxygen atoms in total. The van der Waals surface area contributed by atoms with Crippen LogP contribution in [0.5, 0.6) is 0 Å². The van der Waals surface area contributed by atoms with Gasteiger partial charge < -0.3 is 9.32 Å². The molecule has 0 radical (unpaired) electrons. The van der Waals surface area contributed by atoms with E-state index in [1.807, 2.05) is 0 Å². The van der Waals surface area contributed by atoms with Crippen LogP contribution in [0, 0.1) is 0 Å². The summed E-state index contributed by atoms with van der Waals surface area (Å²) < 4.78 is 27.2. The van der Waals surface area contributed by atoms with Crippen LogP contribution < -0.4 is 10.8 Å². The number of likely N-dealkylation sites (tertiary alicyclic amines) is 1. The fourth-order valence-electron chi connectivity index (χ4n) is 2.05. The molecule has 0 aromatic carbocycles. The molecule has 0 saturated carbocycles. The van der Waals surface area contributed by atoms with Crippen molar-refractivity contribution < 1.29 is 17.6 Å². The quantitative estimate of drug-likeness (QED) is 0.790. The monoisotopic (exact) mass is 286 g/mol. The molecule has 104 valence electrons. The van der Waals surface area contributed by atoms with Gasteiger partial charge in [-0.2, -0.15) is 0 Å². The van der Waals surface area contributed by atoms with E-state index in [1.54, 1.807) is 0 Å². The first kappa shape index (κ1) is 13.8. The Balaban J connectivity index is 2.15. The molecule has 1 fully saturated rings. The van der Waals surface area contributed by atoms with E-state index in [1.165, 1.54) is 11.0 Å². The maximum absolute atomic E-state index is 12.1. The fourth-order valence-corrected chi connectivity index (χ4v) is 2.94. The zero-order valence-corrected chi connectivity index (χ0v) is 10.9. The van der Waals surface area contributed by atoms with Crippen LogP contribution in [-0.2, 0) is 10.0 Å². The Bertz CT molecular complexity index is 616. The van der Waals surface area contributed by atoms with Crippen LogP contribution in [0.1, 0.15) is 23.2 Å². The lowest BCUT2D eigenvalue weighted by atomic mass is 10.1. The number of carbonyl (C=O) groups is 1. The second-order valence-corrected chi connectivity index (χ2v) is 6.29. The zero-order chi connectivity index (χ0) is 14.0. The number of primary sulfonamides is 1. The largest absolute Gasteiger partial charge is 0.430 e. The van der Waals surface area contributed by atoms with Crippen LogP contribution in [0.3, 0.4) is 0 Å². The Kier molecular flexibility index (Phi) is 3.72. The number of hydrogen-bond acceptors (Lipinski definition) is 5. The van der Waals surface area contributed by atoms with E-state index in [-0.39, 0.29) is 18.0 Å². The van der Waals surface area contributed by atoms with E-state index in [2.05, 4.69) is 4.42 Å². The average molecular weight is 286 g/mol. The van der Waals surface area contributed by atoms with Crippen molar-refractivity contribution in [2.75, 3.05) is 13.1 Å². The summed E-state index contributed by atoms with van der Waals surface area (Å²) in [5.41, 5.74) is -0.327. The van der Waals surface area contributed by atoms with E-state index in [4.69, 9.17) is 5.14 Å². The minimum atomic E-state index is -3.65. The van der Waals surface area contributed by atoms with Crippen molar-refractivity contribution in [2.24, 2.45) is 5.14 Å². The van der Waals surface area contributed by atoms with E-state index in [0.29, 0.717) is 19.4 Å². The molecule has 1 aliphatic rings. The SMILES string of the molecule is NS(=O)(=O)C1CCCN(C(=O)c2ccc(=O)oc2)C1. The van der Waals surface area contributed by atoms with Crippen LogP contribution in [-0.4, -0.2) is 37.6 Å². The van der Waals surface area contributed by atoms with Gasteiger partial charge in [-0.15, -0.1) is 0 Å². The molecular formula is C11H14N2O5S. The van der Waals surface area contributed by atoms with E-state index >= 15 is 0 Å². The van der Waals surface area contributed by atoms with E-state index < -0.39 is 20.9 Å². The highest BCUT2D eigenvalue weighted by atomic mass is 32.2. The number of piperidine rings is 1. The molecule has 0 bridgehead atoms. The Morgan fingerprint density at radius 1 is 1.42 bits per heavy atom. The molecule has 8 heteroatoms. The summed E-state index contributed by atoms with van der Waals surface area (Å²) in [6.07, 6.45) is 2.10. The molecule has 1 aliphatic heterocycles. The first-order valence-electron chi connectivity index (χ1n) is 5.77. The van der Waals surface area contributed by atoms with Crippen molar-refractivity contribution in [3.63, 3.8) is 0 Å². The number of rotatable bonds is 2. The summed E-state index contributed by atoms with van der Waals surface area (Å²) in [5, 5.41) is 4.37. The molecule has 1 saturated heterocycles. The Morgan fingerprint density at radius 2 is 2.16 bits per heavy atom. The van der Waals surface area contributed by atoms with Crippen molar-refractivity contribution in [3.05, 3.63) is 34.4 Å². The molecule has 1 amide bonds. The van der Waals surface area contributed by atoms with Gasteiger partial charge in [-0.25, -0.2) is 18.4 Å². The highest BCUT2D eigenvalue weighted by Gasteiger charge is 2.30. The van der Waals surface area contributed by atoms with Crippen molar-refractivity contribution in [1.29, 1.82) is 0 Å². The summed E-state index contributed by atoms with van der Waals surface area (Å²) in [5.74, 6) is -0.364. The Hall–Kier alpha value is -1.67. The van der Waals surface area contributed by atoms with Gasteiger partial charge in [-0.05, 0) is 18.9 Å². The summed E-state index contributed by atoms with van der Waals surface area (Å²) in [6.45, 7) is 0.529. The molecule has 1 unspecified atom stereocenters. The van der Waals surface area contributed by atoms with Gasteiger partial charge in [-0.1, -0.05) is 0 Å². The third-order valence-electron chi connectivity index (χ3n) is 3.08. The summed E-state index contributed by atoms with van der Waals surface area (Å²) >= 11 is 0. The Morgan fingerprint density at radius 3 is 2.74 bits per heavy atom. The maximum atomic E-state index is 12.1. The lowest BCUT2D eigenvalue weighted by Crippen LogP contribution is -2.47. The van der Waals surface area contributed by atoms with Gasteiger partial charge in [-0.3, -0.25) is 4.79 Å². The lowest BCUT2D eigenvalue weighted by Gasteiger charge is -2.31. The second kappa shape index (κ2) is 5.14. The molecular weight excluding hydrogens is 272 g/mol. The molecule has 0 aliphatic carbocycles. The van der Waals surface area contributed by atoms with Gasteiger partial charge in [0, 0.05) is 19.2 Å². The van der Waals surface area contributed by atoms with E-state index in [0.717, 1.165) is 12.3 Å². The molecule has 1 aromatic rings. The van der Waals surface area contributed by atoms with Crippen LogP contribution >= 0.6 is 0 Å². The van der Waals surface area contributed by atoms with Crippen molar-refractivity contribution >= 4 is 15.9 Å². The number of nitrogens with two attached hydrogens (primary N) is 1. The van der Waals surface area contributed by atoms with Crippen molar-refractivity contribution in [1.82, 2.24) is 4.90 Å². The van der Waals surface area contributed by atoms with Gasteiger partial charge in [0.25, 0.3) is 5.91 Å². The average Bonchev–Trinajstić information content (AvgIpc) is 2.38. The number of carbonyl (C=O) groups excluding carboxylic acids is 1. The van der Waals surface area contributed by atoms with Crippen LogP contribution in [0.25, 0.3) is 0 Å². The minimum absolute atomic E-state index is 0.0663. The van der Waals surface area contributed by atoms with Crippen LogP contribution in [0.4, 0.5) is 0 Å². The summed E-state index contributed by atoms with van der Waals surface area (Å²) in [6, 6.07) is 2.50. The second-order valence-electron chi connectivity index (χ2n) is 4.45. The standard InChI is InChI=1S/C11H14N2O5S/c12-19(16,17)9-2-1-5-13(6-9)11(15)8-3-4-10(14)18-7-8/h3-4,7,9H,1-2,5-6H2,(H2,12,16,17). The van der Waals surface area contributed by atoms with Gasteiger partial charge >= 0.3 is 5.63 Å². The minimum Gasteiger partial charge on any atom is -0.430 e. The maximum Gasteiger partial charge on any atom is 0.335 e. The van der Waals surface area contributed by atoms with Gasteiger partial charge in [0.05, 0.1) is 10.8 Å². The predicted octanol–water partition coefficient (Wildman–Crippen LogP) is -0.467. The number of nitrogens with zero attached hydrogens (tertiary/aromatic N) is 1. The first-order valence-corrected chi connectivity index (χ1v) is 7.38. The zero-order valence-electron chi connectivity index (χ0n) is 10.1. The molecule has 0 spiro atoms. The molecule has 19 heavy (non-hydrogen) atoms. The third kappa shape index (κ3) is 3.21. The molecule has 1 aromatic heterocycles. The van der Waals surface area contributed by atoms with E-state index in [9.17, 15) is 18.0 Å². The summed E-state index contributed by atoms with van der Waals surface area (Å²) in [4.78, 5) is 24.3. The van der Waals surface area contributed by atoms with Gasteiger partial charge in [0.1, 0.15) is 6.26 Å². The van der Waals surface area contributed by atoms with Crippen LogP contribution in [0.15, 0.2) is 27.6 Å². The smallest absolute Gasteiger partial charge is 0.335 e. The molecule has 1 atom stereocenters. The Labute approximate surface area is 110 Å². The van der Waals surface area contributed by atoms with Crippen molar-refractivity contribution in [3.8, 4) is 0 Å². The third-order valence-corrected chi connectivity index (χ3v) is 4.39. The normalized spacial score (nSPS) is 20.3. The number of amides is 1. The molecule has 2 N–H and O–H groups in total. The summed E-state index contributed by atoms with van der Waals surface area (Å²) in [7, 11) is -3.65. The number of hydrogen-bond donors (Lipinski definition) is 1. The van der Waals surface area contributed by atoms with Crippen LogP contribution in [0.2, 0.25) is 0 Å². The van der Waals surface area contributed by atoms with Crippen molar-refractivity contribution in [2.45, 2.75) is 18.1 Å². The lowest BCUT2D eigenvalue weighted by molar-refractivity contribution is 0.0724. The first-order chi connectivity index (χ1) is 8.88. The highest BCUT2D eigenvalue weighted by Crippen LogP contribution is 2.17. The highest BCUT2D eigenvalue weighted by molar-refractivity contribution is 7.89. The molecule has 2 heterocycles. The number of sulfonamides is 1. The fraction of sp³-hybridized carbons (Fsp3) is 0.455. The van der Waals surface area contributed by atoms with Gasteiger partial charge in [0.2, 0.25) is 10.0 Å².